The molecule has 2 heterocycles. The van der Waals surface area contributed by atoms with Gasteiger partial charge in [-0.15, -0.1) is 0 Å². The van der Waals surface area contributed by atoms with Crippen LogP contribution in [0.5, 0.6) is 0 Å². The Bertz CT molecular complexity index is 1290. The van der Waals surface area contributed by atoms with Gasteiger partial charge in [-0.05, 0) is 67.2 Å². The summed E-state index contributed by atoms with van der Waals surface area (Å²) in [5.74, 6) is 0.534. The average Bonchev–Trinajstić information content (AvgIpc) is 3.43. The van der Waals surface area contributed by atoms with Crippen LogP contribution in [0, 0.1) is 0 Å². The van der Waals surface area contributed by atoms with E-state index in [2.05, 4.69) is 83.4 Å². The molecule has 0 aliphatic carbocycles. The van der Waals surface area contributed by atoms with Gasteiger partial charge in [-0.3, -0.25) is 0 Å². The van der Waals surface area contributed by atoms with Crippen molar-refractivity contribution in [3.63, 3.8) is 0 Å². The molecule has 5 rings (SSSR count). The molecule has 4 aromatic rings. The SMILES string of the molecule is CN1CCC[C@@H]1Cc1cn(Cc2ccccc2)c2ccc(CS(=O)N(C)Cc3ccccc3)cc12. The first-order chi connectivity index (χ1) is 17.1. The van der Waals surface area contributed by atoms with Crippen LogP contribution in [-0.4, -0.2) is 44.7 Å². The largest absolute Gasteiger partial charge is 0.343 e. The highest BCUT2D eigenvalue weighted by Crippen LogP contribution is 2.29. The molecule has 0 radical (unpaired) electrons. The van der Waals surface area contributed by atoms with E-state index in [-0.39, 0.29) is 0 Å². The predicted molar refractivity (Wildman–Crippen MR) is 147 cm³/mol. The van der Waals surface area contributed by atoms with Crippen molar-refractivity contribution in [2.45, 2.75) is 44.1 Å². The van der Waals surface area contributed by atoms with E-state index < -0.39 is 11.0 Å². The number of rotatable bonds is 9. The molecular formula is C30H35N3OS. The summed E-state index contributed by atoms with van der Waals surface area (Å²) in [6, 6.07) is 28.2. The molecule has 0 bridgehead atoms. The van der Waals surface area contributed by atoms with Gasteiger partial charge in [0.1, 0.15) is 0 Å². The number of nitrogens with zero attached hydrogens (tertiary/aromatic N) is 3. The molecule has 0 spiro atoms. The van der Waals surface area contributed by atoms with Gasteiger partial charge in [0.15, 0.2) is 0 Å². The van der Waals surface area contributed by atoms with E-state index in [1.165, 1.54) is 47.0 Å². The van der Waals surface area contributed by atoms with Crippen molar-refractivity contribution in [3.8, 4) is 0 Å². The fraction of sp³-hybridized carbons (Fsp3) is 0.333. The molecule has 5 heteroatoms. The normalized spacial score (nSPS) is 17.4. The third-order valence-corrected chi connectivity index (χ3v) is 8.64. The molecule has 1 aliphatic heterocycles. The molecule has 3 aromatic carbocycles. The number of aromatic nitrogens is 1. The lowest BCUT2D eigenvalue weighted by molar-refractivity contribution is 0.309. The average molecular weight is 486 g/mol. The molecule has 0 saturated carbocycles. The van der Waals surface area contributed by atoms with Crippen LogP contribution in [-0.2, 0) is 36.2 Å². The minimum Gasteiger partial charge on any atom is -0.343 e. The summed E-state index contributed by atoms with van der Waals surface area (Å²) in [6.07, 6.45) is 5.96. The smallest absolute Gasteiger partial charge is 0.0988 e. The van der Waals surface area contributed by atoms with Crippen LogP contribution in [0.4, 0.5) is 0 Å². The Balaban J connectivity index is 1.40. The Hall–Kier alpha value is -2.73. The lowest BCUT2D eigenvalue weighted by atomic mass is 10.0. The molecule has 1 fully saturated rings. The van der Waals surface area contributed by atoms with Crippen molar-refractivity contribution in [1.82, 2.24) is 13.8 Å². The third-order valence-electron chi connectivity index (χ3n) is 7.24. The Kier molecular flexibility index (Phi) is 7.47. The summed E-state index contributed by atoms with van der Waals surface area (Å²) in [4.78, 5) is 2.50. The quantitative estimate of drug-likeness (QED) is 0.308. The van der Waals surface area contributed by atoms with Crippen molar-refractivity contribution in [2.24, 2.45) is 0 Å². The zero-order chi connectivity index (χ0) is 24.2. The van der Waals surface area contributed by atoms with Crippen molar-refractivity contribution in [1.29, 1.82) is 0 Å². The second kappa shape index (κ2) is 10.9. The van der Waals surface area contributed by atoms with Gasteiger partial charge in [-0.1, -0.05) is 66.7 Å². The minimum absolute atomic E-state index is 0.534. The second-order valence-corrected chi connectivity index (χ2v) is 11.4. The maximum absolute atomic E-state index is 13.1. The first-order valence-corrected chi connectivity index (χ1v) is 13.8. The number of likely N-dealkylation sites (tertiary alicyclic amines) is 1. The van der Waals surface area contributed by atoms with Crippen LogP contribution in [0.2, 0.25) is 0 Å². The monoisotopic (exact) mass is 485 g/mol. The van der Waals surface area contributed by atoms with Gasteiger partial charge in [0.2, 0.25) is 0 Å². The molecule has 0 N–H and O–H groups in total. The van der Waals surface area contributed by atoms with E-state index in [1.54, 1.807) is 0 Å². The molecule has 35 heavy (non-hydrogen) atoms. The van der Waals surface area contributed by atoms with Crippen LogP contribution in [0.15, 0.2) is 85.1 Å². The summed E-state index contributed by atoms with van der Waals surface area (Å²) in [7, 11) is 3.11. The highest BCUT2D eigenvalue weighted by Gasteiger charge is 2.23. The lowest BCUT2D eigenvalue weighted by Crippen LogP contribution is -2.26. The van der Waals surface area contributed by atoms with E-state index in [4.69, 9.17) is 0 Å². The van der Waals surface area contributed by atoms with Crippen LogP contribution < -0.4 is 0 Å². The van der Waals surface area contributed by atoms with Gasteiger partial charge in [0, 0.05) is 43.3 Å². The number of likely N-dealkylation sites (N-methyl/N-ethyl adjacent to an activating group) is 1. The molecule has 1 aliphatic rings. The maximum atomic E-state index is 13.1. The number of hydrogen-bond donors (Lipinski definition) is 0. The maximum Gasteiger partial charge on any atom is 0.0988 e. The predicted octanol–water partition coefficient (Wildman–Crippen LogP) is 5.62. The number of benzene rings is 3. The zero-order valence-corrected chi connectivity index (χ0v) is 21.6. The number of fused-ring (bicyclic) bond motifs is 1. The third kappa shape index (κ3) is 5.75. The molecule has 1 aromatic heterocycles. The Morgan fingerprint density at radius 1 is 0.943 bits per heavy atom. The van der Waals surface area contributed by atoms with Gasteiger partial charge < -0.3 is 9.47 Å². The van der Waals surface area contributed by atoms with E-state index in [0.29, 0.717) is 18.3 Å². The van der Waals surface area contributed by atoms with Crippen LogP contribution in [0.3, 0.4) is 0 Å². The van der Waals surface area contributed by atoms with Crippen LogP contribution in [0.1, 0.15) is 35.1 Å². The lowest BCUT2D eigenvalue weighted by Gasteiger charge is -2.19. The molecular weight excluding hydrogens is 450 g/mol. The fourth-order valence-electron chi connectivity index (χ4n) is 5.24. The first-order valence-electron chi connectivity index (χ1n) is 12.5. The molecule has 0 amide bonds. The van der Waals surface area contributed by atoms with E-state index in [9.17, 15) is 4.21 Å². The Labute approximate surface area is 211 Å². The Morgan fingerprint density at radius 3 is 2.34 bits per heavy atom. The number of hydrogen-bond acceptors (Lipinski definition) is 2. The van der Waals surface area contributed by atoms with Gasteiger partial charge in [-0.2, -0.15) is 0 Å². The van der Waals surface area contributed by atoms with Gasteiger partial charge in [0.05, 0.1) is 16.7 Å². The summed E-state index contributed by atoms with van der Waals surface area (Å²) in [6.45, 7) is 2.73. The van der Waals surface area contributed by atoms with E-state index in [1.807, 2.05) is 29.6 Å². The molecule has 2 atom stereocenters. The van der Waals surface area contributed by atoms with Gasteiger partial charge in [-0.25, -0.2) is 8.51 Å². The Morgan fingerprint density at radius 2 is 1.66 bits per heavy atom. The topological polar surface area (TPSA) is 28.5 Å². The highest BCUT2D eigenvalue weighted by atomic mass is 32.2. The molecule has 4 nitrogen and oxygen atoms in total. The van der Waals surface area contributed by atoms with Crippen molar-refractivity contribution in [3.05, 3.63) is 107 Å². The van der Waals surface area contributed by atoms with E-state index in [0.717, 1.165) is 18.5 Å². The molecule has 182 valence electrons. The van der Waals surface area contributed by atoms with E-state index >= 15 is 0 Å². The second-order valence-electron chi connectivity index (χ2n) is 9.84. The summed E-state index contributed by atoms with van der Waals surface area (Å²) in [5, 5.41) is 1.31. The first kappa shape index (κ1) is 24.0. The van der Waals surface area contributed by atoms with Crippen molar-refractivity contribution < 1.29 is 4.21 Å². The summed E-state index contributed by atoms with van der Waals surface area (Å²) < 4.78 is 17.5. The zero-order valence-electron chi connectivity index (χ0n) is 20.8. The molecule has 1 unspecified atom stereocenters. The van der Waals surface area contributed by atoms with Crippen LogP contribution >= 0.6 is 0 Å². The summed E-state index contributed by atoms with van der Waals surface area (Å²) in [5.41, 5.74) is 6.28. The summed E-state index contributed by atoms with van der Waals surface area (Å²) >= 11 is 0. The van der Waals surface area contributed by atoms with Crippen molar-refractivity contribution in [2.75, 3.05) is 20.6 Å². The standard InChI is InChI=1S/C30H35N3OS/c1-31-17-9-14-28(31)19-27-22-33(21-25-12-7-4-8-13-25)30-16-15-26(18-29(27)30)23-35(34)32(2)20-24-10-5-3-6-11-24/h3-8,10-13,15-16,18,22,28H,9,14,17,19-21,23H2,1-2H3/t28-,35?/m1/s1. The minimum atomic E-state index is -1.08. The molecule has 1 saturated heterocycles. The van der Waals surface area contributed by atoms with Crippen molar-refractivity contribution >= 4 is 21.9 Å². The highest BCUT2D eigenvalue weighted by molar-refractivity contribution is 7.81. The van der Waals surface area contributed by atoms with Gasteiger partial charge >= 0.3 is 0 Å². The van der Waals surface area contributed by atoms with Crippen LogP contribution in [0.25, 0.3) is 10.9 Å². The fourth-order valence-corrected chi connectivity index (χ4v) is 6.22. The van der Waals surface area contributed by atoms with Gasteiger partial charge in [0.25, 0.3) is 0 Å².